The molecule has 1 fully saturated rings. The summed E-state index contributed by atoms with van der Waals surface area (Å²) < 4.78 is 5.21. The Kier molecular flexibility index (Phi) is 4.72. The lowest BCUT2D eigenvalue weighted by Gasteiger charge is -2.32. The summed E-state index contributed by atoms with van der Waals surface area (Å²) in [5, 5.41) is 0. The molecule has 5 heteroatoms. The van der Waals surface area contributed by atoms with E-state index in [1.54, 1.807) is 12.0 Å². The number of ether oxygens (including phenoxy) is 1. The van der Waals surface area contributed by atoms with Crippen LogP contribution in [0.5, 0.6) is 5.75 Å². The third kappa shape index (κ3) is 3.18. The number of urea groups is 1. The highest BCUT2D eigenvalue weighted by molar-refractivity contribution is 6.07. The van der Waals surface area contributed by atoms with E-state index in [4.69, 9.17) is 4.74 Å². The van der Waals surface area contributed by atoms with Gasteiger partial charge in [-0.3, -0.25) is 9.69 Å². The molecule has 0 bridgehead atoms. The van der Waals surface area contributed by atoms with E-state index in [9.17, 15) is 9.59 Å². The van der Waals surface area contributed by atoms with Crippen molar-refractivity contribution in [3.8, 4) is 5.75 Å². The van der Waals surface area contributed by atoms with Gasteiger partial charge in [0.2, 0.25) is 0 Å². The predicted octanol–water partition coefficient (Wildman–Crippen LogP) is 4.17. The van der Waals surface area contributed by atoms with E-state index in [1.165, 1.54) is 4.90 Å². The monoisotopic (exact) mass is 366 g/mol. The third-order valence-electron chi connectivity index (χ3n) is 5.09. The number of methoxy groups -OCH3 is 1. The number of imide groups is 1. The fourth-order valence-corrected chi connectivity index (χ4v) is 3.50. The molecule has 1 heterocycles. The SMILES string of the molecule is COc1ccc(CN2C(=O)N(C(C)(C)C)C(=O)C2(C)c2ccccc2)cc1. The lowest BCUT2D eigenvalue weighted by molar-refractivity contribution is -0.136. The molecule has 5 nitrogen and oxygen atoms in total. The van der Waals surface area contributed by atoms with Gasteiger partial charge in [0.05, 0.1) is 7.11 Å². The molecule has 1 aliphatic heterocycles. The smallest absolute Gasteiger partial charge is 0.328 e. The highest BCUT2D eigenvalue weighted by Crippen LogP contribution is 2.41. The summed E-state index contributed by atoms with van der Waals surface area (Å²) in [6.07, 6.45) is 0. The summed E-state index contributed by atoms with van der Waals surface area (Å²) in [6.45, 7) is 7.81. The van der Waals surface area contributed by atoms with E-state index in [0.717, 1.165) is 16.9 Å². The van der Waals surface area contributed by atoms with E-state index in [2.05, 4.69) is 0 Å². The van der Waals surface area contributed by atoms with Gasteiger partial charge in [0.1, 0.15) is 11.3 Å². The highest BCUT2D eigenvalue weighted by atomic mass is 16.5. The Morgan fingerprint density at radius 3 is 2.07 bits per heavy atom. The molecule has 3 rings (SSSR count). The minimum absolute atomic E-state index is 0.195. The Bertz CT molecular complexity index is 840. The van der Waals surface area contributed by atoms with Gasteiger partial charge in [-0.2, -0.15) is 0 Å². The summed E-state index contributed by atoms with van der Waals surface area (Å²) in [4.78, 5) is 29.8. The van der Waals surface area contributed by atoms with Crippen molar-refractivity contribution in [2.24, 2.45) is 0 Å². The van der Waals surface area contributed by atoms with Gasteiger partial charge in [-0.1, -0.05) is 42.5 Å². The fourth-order valence-electron chi connectivity index (χ4n) is 3.50. The van der Waals surface area contributed by atoms with Crippen molar-refractivity contribution in [3.63, 3.8) is 0 Å². The molecule has 2 aromatic rings. The molecule has 2 aromatic carbocycles. The largest absolute Gasteiger partial charge is 0.497 e. The molecule has 0 N–H and O–H groups in total. The first kappa shape index (κ1) is 19.0. The molecule has 1 atom stereocenters. The maximum atomic E-state index is 13.4. The Morgan fingerprint density at radius 1 is 0.963 bits per heavy atom. The minimum atomic E-state index is -1.05. The van der Waals surface area contributed by atoms with Crippen molar-refractivity contribution in [3.05, 3.63) is 65.7 Å². The number of amides is 3. The van der Waals surface area contributed by atoms with Crippen molar-refractivity contribution < 1.29 is 14.3 Å². The summed E-state index contributed by atoms with van der Waals surface area (Å²) in [5.74, 6) is 0.560. The van der Waals surface area contributed by atoms with Crippen molar-refractivity contribution in [2.45, 2.75) is 45.3 Å². The Labute approximate surface area is 160 Å². The van der Waals surface area contributed by atoms with Crippen LogP contribution in [0.2, 0.25) is 0 Å². The summed E-state index contributed by atoms with van der Waals surface area (Å²) in [6, 6.07) is 16.8. The molecule has 27 heavy (non-hydrogen) atoms. The molecule has 142 valence electrons. The first-order valence-corrected chi connectivity index (χ1v) is 9.04. The summed E-state index contributed by atoms with van der Waals surface area (Å²) >= 11 is 0. The van der Waals surface area contributed by atoms with E-state index in [0.29, 0.717) is 6.54 Å². The summed E-state index contributed by atoms with van der Waals surface area (Å²) in [7, 11) is 1.62. The molecule has 0 spiro atoms. The number of hydrogen-bond acceptors (Lipinski definition) is 3. The second-order valence-corrected chi connectivity index (χ2v) is 7.97. The van der Waals surface area contributed by atoms with Crippen molar-refractivity contribution in [2.75, 3.05) is 7.11 Å². The van der Waals surface area contributed by atoms with Gasteiger partial charge in [-0.15, -0.1) is 0 Å². The Hall–Kier alpha value is -2.82. The van der Waals surface area contributed by atoms with Crippen molar-refractivity contribution in [1.29, 1.82) is 0 Å². The molecule has 3 amide bonds. The van der Waals surface area contributed by atoms with Gasteiger partial charge in [-0.05, 0) is 51.0 Å². The second-order valence-electron chi connectivity index (χ2n) is 7.97. The van der Waals surface area contributed by atoms with Crippen LogP contribution >= 0.6 is 0 Å². The van der Waals surface area contributed by atoms with E-state index >= 15 is 0 Å². The lowest BCUT2D eigenvalue weighted by atomic mass is 9.89. The standard InChI is InChI=1S/C22H26N2O3/c1-21(2,3)24-19(25)22(4,17-9-7-6-8-10-17)23(20(24)26)15-16-11-13-18(27-5)14-12-16/h6-14H,15H2,1-5H3. The normalized spacial score (nSPS) is 20.3. The zero-order chi connectivity index (χ0) is 19.8. The first-order valence-electron chi connectivity index (χ1n) is 9.04. The van der Waals surface area contributed by atoms with Gasteiger partial charge in [0.25, 0.3) is 5.91 Å². The molecular formula is C22H26N2O3. The van der Waals surface area contributed by atoms with Gasteiger partial charge in [-0.25, -0.2) is 4.79 Å². The molecule has 1 aliphatic rings. The number of nitrogens with zero attached hydrogens (tertiary/aromatic N) is 2. The zero-order valence-electron chi connectivity index (χ0n) is 16.5. The van der Waals surface area contributed by atoms with Crippen LogP contribution in [0.4, 0.5) is 4.79 Å². The molecule has 1 saturated heterocycles. The van der Waals surface area contributed by atoms with Gasteiger partial charge < -0.3 is 9.64 Å². The average molecular weight is 366 g/mol. The summed E-state index contributed by atoms with van der Waals surface area (Å²) in [5.41, 5.74) is 0.100. The number of hydrogen-bond donors (Lipinski definition) is 0. The van der Waals surface area contributed by atoms with Crippen LogP contribution in [-0.2, 0) is 16.9 Å². The second kappa shape index (κ2) is 6.72. The van der Waals surface area contributed by atoms with E-state index in [1.807, 2.05) is 82.3 Å². The molecule has 0 radical (unpaired) electrons. The van der Waals surface area contributed by atoms with Crippen LogP contribution in [0.1, 0.15) is 38.8 Å². The Balaban J connectivity index is 2.06. The van der Waals surface area contributed by atoms with E-state index < -0.39 is 11.1 Å². The quantitative estimate of drug-likeness (QED) is 0.763. The van der Waals surface area contributed by atoms with Crippen LogP contribution in [0.3, 0.4) is 0 Å². The lowest BCUT2D eigenvalue weighted by Crippen LogP contribution is -2.47. The highest BCUT2D eigenvalue weighted by Gasteiger charge is 2.57. The zero-order valence-corrected chi connectivity index (χ0v) is 16.5. The molecule has 0 saturated carbocycles. The van der Waals surface area contributed by atoms with Crippen LogP contribution in [0.15, 0.2) is 54.6 Å². The number of carbonyl (C=O) groups excluding carboxylic acids is 2. The molecule has 0 aliphatic carbocycles. The van der Waals surface area contributed by atoms with Crippen LogP contribution in [0.25, 0.3) is 0 Å². The van der Waals surface area contributed by atoms with Gasteiger partial charge in [0, 0.05) is 12.1 Å². The van der Waals surface area contributed by atoms with Gasteiger partial charge >= 0.3 is 6.03 Å². The maximum absolute atomic E-state index is 13.4. The molecule has 0 aromatic heterocycles. The molecular weight excluding hydrogens is 340 g/mol. The topological polar surface area (TPSA) is 49.9 Å². The van der Waals surface area contributed by atoms with Crippen LogP contribution in [0, 0.1) is 0 Å². The van der Waals surface area contributed by atoms with Crippen LogP contribution < -0.4 is 4.74 Å². The third-order valence-corrected chi connectivity index (χ3v) is 5.09. The number of carbonyl (C=O) groups is 2. The van der Waals surface area contributed by atoms with E-state index in [-0.39, 0.29) is 11.9 Å². The van der Waals surface area contributed by atoms with Crippen molar-refractivity contribution >= 4 is 11.9 Å². The minimum Gasteiger partial charge on any atom is -0.497 e. The van der Waals surface area contributed by atoms with Crippen LogP contribution in [-0.4, -0.2) is 34.4 Å². The van der Waals surface area contributed by atoms with Crippen molar-refractivity contribution in [1.82, 2.24) is 9.80 Å². The predicted molar refractivity (Wildman–Crippen MR) is 104 cm³/mol. The fraction of sp³-hybridized carbons (Fsp3) is 0.364. The first-order chi connectivity index (χ1) is 12.7. The average Bonchev–Trinajstić information content (AvgIpc) is 2.84. The number of benzene rings is 2. The van der Waals surface area contributed by atoms with Gasteiger partial charge in [0.15, 0.2) is 0 Å². The number of rotatable bonds is 4. The molecule has 1 unspecified atom stereocenters. The maximum Gasteiger partial charge on any atom is 0.328 e. The Morgan fingerprint density at radius 2 is 1.56 bits per heavy atom.